The van der Waals surface area contributed by atoms with Crippen LogP contribution in [0.4, 0.5) is 11.6 Å². The van der Waals surface area contributed by atoms with E-state index >= 15 is 0 Å². The van der Waals surface area contributed by atoms with E-state index in [2.05, 4.69) is 32.0 Å². The van der Waals surface area contributed by atoms with E-state index in [0.717, 1.165) is 58.5 Å². The number of nitrogens with one attached hydrogen (secondary N) is 1. The molecule has 5 rings (SSSR count). The molecular weight excluding hydrogens is 450 g/mol. The van der Waals surface area contributed by atoms with Crippen molar-refractivity contribution in [3.63, 3.8) is 0 Å². The number of benzene rings is 1. The molecule has 8 nitrogen and oxygen atoms in total. The van der Waals surface area contributed by atoms with Gasteiger partial charge in [0.2, 0.25) is 5.95 Å². The molecule has 34 heavy (non-hydrogen) atoms. The zero-order chi connectivity index (χ0) is 23.8. The van der Waals surface area contributed by atoms with Crippen LogP contribution >= 0.6 is 11.6 Å². The molecule has 1 N–H and O–H groups in total. The quantitative estimate of drug-likeness (QED) is 0.411. The van der Waals surface area contributed by atoms with E-state index in [-0.39, 0.29) is 0 Å². The molecule has 1 atom stereocenters. The Hall–Kier alpha value is -2.94. The van der Waals surface area contributed by atoms with Crippen LogP contribution in [0.1, 0.15) is 29.8 Å². The van der Waals surface area contributed by atoms with E-state index in [0.29, 0.717) is 12.0 Å². The van der Waals surface area contributed by atoms with E-state index in [1.165, 1.54) is 18.4 Å². The van der Waals surface area contributed by atoms with Crippen molar-refractivity contribution in [2.45, 2.75) is 39.3 Å². The summed E-state index contributed by atoms with van der Waals surface area (Å²) in [4.78, 5) is 11.6. The topological polar surface area (TPSA) is 73.0 Å². The predicted molar refractivity (Wildman–Crippen MR) is 135 cm³/mol. The van der Waals surface area contributed by atoms with Gasteiger partial charge in [0, 0.05) is 73.1 Å². The Kier molecular flexibility index (Phi) is 6.29. The predicted octanol–water partition coefficient (Wildman–Crippen LogP) is 4.78. The number of ether oxygens (including phenoxy) is 1. The Morgan fingerprint density at radius 1 is 1.24 bits per heavy atom. The van der Waals surface area contributed by atoms with Crippen molar-refractivity contribution >= 4 is 34.1 Å². The number of hydrogen-bond donors (Lipinski definition) is 1. The van der Waals surface area contributed by atoms with Crippen molar-refractivity contribution in [3.8, 4) is 5.82 Å². The molecule has 9 heteroatoms. The molecule has 0 amide bonds. The number of methoxy groups -OCH3 is 1. The van der Waals surface area contributed by atoms with Gasteiger partial charge in [0.25, 0.3) is 0 Å². The molecule has 1 unspecified atom stereocenters. The Morgan fingerprint density at radius 2 is 2.09 bits per heavy atom. The van der Waals surface area contributed by atoms with Gasteiger partial charge in [0.1, 0.15) is 0 Å². The molecule has 0 bridgehead atoms. The van der Waals surface area contributed by atoms with Crippen LogP contribution in [-0.4, -0.2) is 55.5 Å². The second-order valence-electron chi connectivity index (χ2n) is 8.96. The Labute approximate surface area is 204 Å². The first-order valence-electron chi connectivity index (χ1n) is 11.6. The summed E-state index contributed by atoms with van der Waals surface area (Å²) in [5, 5.41) is 9.80. The fourth-order valence-corrected chi connectivity index (χ4v) is 5.02. The van der Waals surface area contributed by atoms with E-state index in [1.54, 1.807) is 13.3 Å². The number of anilines is 2. The highest BCUT2D eigenvalue weighted by atomic mass is 35.5. The molecule has 4 heterocycles. The number of hydrogen-bond acceptors (Lipinski definition) is 6. The van der Waals surface area contributed by atoms with Crippen LogP contribution in [0, 0.1) is 13.8 Å². The SMILES string of the molecule is COCC1CCCN1Cc1cn(-c2ccnc(Nc3ccc4c(c3)c(Cl)c(C)n4C)n2)nc1C. The second-order valence-corrected chi connectivity index (χ2v) is 9.34. The zero-order valence-electron chi connectivity index (χ0n) is 20.0. The molecule has 0 radical (unpaired) electrons. The van der Waals surface area contributed by atoms with Gasteiger partial charge < -0.3 is 14.6 Å². The smallest absolute Gasteiger partial charge is 0.229 e. The first-order chi connectivity index (χ1) is 16.4. The van der Waals surface area contributed by atoms with E-state index < -0.39 is 0 Å². The van der Waals surface area contributed by atoms with Gasteiger partial charge in [-0.05, 0) is 51.4 Å². The summed E-state index contributed by atoms with van der Waals surface area (Å²) in [5.41, 5.74) is 5.23. The number of likely N-dealkylation sites (tertiary alicyclic amines) is 1. The number of fused-ring (bicyclic) bond motifs is 1. The number of aromatic nitrogens is 5. The normalized spacial score (nSPS) is 16.6. The molecule has 1 aromatic carbocycles. The summed E-state index contributed by atoms with van der Waals surface area (Å²) in [5.74, 6) is 1.23. The summed E-state index contributed by atoms with van der Waals surface area (Å²) in [6.07, 6.45) is 6.21. The van der Waals surface area contributed by atoms with Crippen LogP contribution in [0.5, 0.6) is 0 Å². The lowest BCUT2D eigenvalue weighted by atomic mass is 10.2. The van der Waals surface area contributed by atoms with E-state index in [9.17, 15) is 0 Å². The number of nitrogens with zero attached hydrogens (tertiary/aromatic N) is 6. The molecule has 1 aliphatic heterocycles. The van der Waals surface area contributed by atoms with Crippen molar-refractivity contribution in [1.29, 1.82) is 0 Å². The van der Waals surface area contributed by atoms with Crippen molar-refractivity contribution in [3.05, 3.63) is 58.6 Å². The first kappa shape index (κ1) is 22.8. The number of aryl methyl sites for hydroxylation is 2. The zero-order valence-corrected chi connectivity index (χ0v) is 20.8. The average Bonchev–Trinajstić information content (AvgIpc) is 3.49. The largest absolute Gasteiger partial charge is 0.383 e. The Bertz CT molecular complexity index is 1330. The van der Waals surface area contributed by atoms with Gasteiger partial charge in [-0.15, -0.1) is 0 Å². The minimum absolute atomic E-state index is 0.474. The number of halogens is 1. The molecule has 178 valence electrons. The third kappa shape index (κ3) is 4.29. The molecule has 0 aliphatic carbocycles. The monoisotopic (exact) mass is 479 g/mol. The number of rotatable bonds is 7. The average molecular weight is 480 g/mol. The van der Waals surface area contributed by atoms with Gasteiger partial charge in [-0.1, -0.05) is 11.6 Å². The fraction of sp³-hybridized carbons (Fsp3) is 0.400. The highest BCUT2D eigenvalue weighted by Gasteiger charge is 2.25. The molecular formula is C25H30ClN7O. The summed E-state index contributed by atoms with van der Waals surface area (Å²) in [7, 11) is 3.79. The minimum atomic E-state index is 0.474. The highest BCUT2D eigenvalue weighted by molar-refractivity contribution is 6.36. The maximum Gasteiger partial charge on any atom is 0.229 e. The van der Waals surface area contributed by atoms with Crippen LogP contribution < -0.4 is 5.32 Å². The molecule has 0 spiro atoms. The minimum Gasteiger partial charge on any atom is -0.383 e. The van der Waals surface area contributed by atoms with Crippen LogP contribution in [0.25, 0.3) is 16.7 Å². The molecule has 4 aromatic rings. The molecule has 1 fully saturated rings. The van der Waals surface area contributed by atoms with Crippen molar-refractivity contribution in [2.75, 3.05) is 25.6 Å². The van der Waals surface area contributed by atoms with Crippen molar-refractivity contribution in [1.82, 2.24) is 29.2 Å². The summed E-state index contributed by atoms with van der Waals surface area (Å²) in [6.45, 7) is 6.80. The fourth-order valence-electron chi connectivity index (χ4n) is 4.74. The first-order valence-corrected chi connectivity index (χ1v) is 12.0. The summed E-state index contributed by atoms with van der Waals surface area (Å²) in [6, 6.07) is 8.44. The lowest BCUT2D eigenvalue weighted by molar-refractivity contribution is 0.112. The van der Waals surface area contributed by atoms with Gasteiger partial charge in [-0.3, -0.25) is 4.90 Å². The van der Waals surface area contributed by atoms with Crippen LogP contribution in [0.2, 0.25) is 5.02 Å². The third-order valence-electron chi connectivity index (χ3n) is 6.78. The summed E-state index contributed by atoms with van der Waals surface area (Å²) < 4.78 is 9.33. The van der Waals surface area contributed by atoms with Crippen LogP contribution in [0.15, 0.2) is 36.7 Å². The standard InChI is InChI=1S/C25H30ClN7O/c1-16-18(13-32-11-5-6-20(32)15-34-4)14-33(30-16)23-9-10-27-25(29-23)28-19-7-8-22-21(12-19)24(26)17(2)31(22)3/h7-10,12,14,20H,5-6,11,13,15H2,1-4H3,(H,27,28,29). The van der Waals surface area contributed by atoms with Crippen LogP contribution in [-0.2, 0) is 18.3 Å². The highest BCUT2D eigenvalue weighted by Crippen LogP contribution is 2.32. The lowest BCUT2D eigenvalue weighted by Gasteiger charge is -2.23. The summed E-state index contributed by atoms with van der Waals surface area (Å²) >= 11 is 6.53. The van der Waals surface area contributed by atoms with E-state index in [1.807, 2.05) is 43.8 Å². The lowest BCUT2D eigenvalue weighted by Crippen LogP contribution is -2.32. The molecule has 3 aromatic heterocycles. The molecule has 1 aliphatic rings. The third-order valence-corrected chi connectivity index (χ3v) is 7.26. The van der Waals surface area contributed by atoms with Gasteiger partial charge in [0.15, 0.2) is 5.82 Å². The Morgan fingerprint density at radius 3 is 2.91 bits per heavy atom. The Balaban J connectivity index is 1.36. The second kappa shape index (κ2) is 9.37. The van der Waals surface area contributed by atoms with Crippen molar-refractivity contribution in [2.24, 2.45) is 7.05 Å². The molecule has 1 saturated heterocycles. The van der Waals surface area contributed by atoms with E-state index in [4.69, 9.17) is 26.4 Å². The van der Waals surface area contributed by atoms with Gasteiger partial charge in [-0.25, -0.2) is 9.67 Å². The maximum absolute atomic E-state index is 6.53. The maximum atomic E-state index is 6.53. The van der Waals surface area contributed by atoms with Crippen molar-refractivity contribution < 1.29 is 4.74 Å². The van der Waals surface area contributed by atoms with Gasteiger partial charge in [0.05, 0.1) is 17.3 Å². The van der Waals surface area contributed by atoms with Gasteiger partial charge in [-0.2, -0.15) is 10.1 Å². The van der Waals surface area contributed by atoms with Crippen LogP contribution in [0.3, 0.4) is 0 Å². The van der Waals surface area contributed by atoms with Gasteiger partial charge >= 0.3 is 0 Å². The molecule has 0 saturated carbocycles.